The SMILES string of the molecule is NCCc1cc(Br)ccc1-n1cncn1. The lowest BCUT2D eigenvalue weighted by Crippen LogP contribution is -2.07. The van der Waals surface area contributed by atoms with E-state index >= 15 is 0 Å². The molecule has 0 aliphatic rings. The molecule has 4 nitrogen and oxygen atoms in total. The first kappa shape index (κ1) is 10.3. The van der Waals surface area contributed by atoms with E-state index < -0.39 is 0 Å². The second-order valence-corrected chi connectivity index (χ2v) is 4.07. The third kappa shape index (κ3) is 2.24. The molecule has 0 amide bonds. The summed E-state index contributed by atoms with van der Waals surface area (Å²) in [6.45, 7) is 0.623. The van der Waals surface area contributed by atoms with Crippen molar-refractivity contribution < 1.29 is 0 Å². The third-order valence-electron chi connectivity index (χ3n) is 2.12. The second-order valence-electron chi connectivity index (χ2n) is 3.15. The van der Waals surface area contributed by atoms with Crippen LogP contribution in [0.15, 0.2) is 35.3 Å². The van der Waals surface area contributed by atoms with Crippen LogP contribution < -0.4 is 5.73 Å². The fraction of sp³-hybridized carbons (Fsp3) is 0.200. The molecule has 0 spiro atoms. The first-order valence-corrected chi connectivity index (χ1v) is 5.44. The number of rotatable bonds is 3. The Morgan fingerprint density at radius 2 is 2.27 bits per heavy atom. The number of nitrogens with two attached hydrogens (primary N) is 1. The Kier molecular flexibility index (Phi) is 3.13. The van der Waals surface area contributed by atoms with Gasteiger partial charge < -0.3 is 5.73 Å². The summed E-state index contributed by atoms with van der Waals surface area (Å²) < 4.78 is 2.80. The Labute approximate surface area is 96.3 Å². The number of halogens is 1. The first-order chi connectivity index (χ1) is 7.31. The van der Waals surface area contributed by atoms with Gasteiger partial charge in [0.15, 0.2) is 0 Å². The van der Waals surface area contributed by atoms with E-state index in [2.05, 4.69) is 32.1 Å². The van der Waals surface area contributed by atoms with Crippen molar-refractivity contribution in [2.75, 3.05) is 6.54 Å². The van der Waals surface area contributed by atoms with Crippen LogP contribution in [-0.4, -0.2) is 21.3 Å². The van der Waals surface area contributed by atoms with Crippen LogP contribution in [0.3, 0.4) is 0 Å². The fourth-order valence-corrected chi connectivity index (χ4v) is 1.87. The van der Waals surface area contributed by atoms with E-state index in [9.17, 15) is 0 Å². The predicted molar refractivity (Wildman–Crippen MR) is 61.8 cm³/mol. The van der Waals surface area contributed by atoms with E-state index in [1.165, 1.54) is 6.33 Å². The molecule has 2 rings (SSSR count). The van der Waals surface area contributed by atoms with Crippen LogP contribution in [0.2, 0.25) is 0 Å². The van der Waals surface area contributed by atoms with Crippen LogP contribution in [0.4, 0.5) is 0 Å². The molecule has 0 aliphatic carbocycles. The summed E-state index contributed by atoms with van der Waals surface area (Å²) in [5, 5.41) is 4.11. The highest BCUT2D eigenvalue weighted by molar-refractivity contribution is 9.10. The Hall–Kier alpha value is -1.20. The van der Waals surface area contributed by atoms with Gasteiger partial charge in [0.25, 0.3) is 0 Å². The average Bonchev–Trinajstić information content (AvgIpc) is 2.71. The van der Waals surface area contributed by atoms with Crippen molar-refractivity contribution in [3.8, 4) is 5.69 Å². The average molecular weight is 267 g/mol. The van der Waals surface area contributed by atoms with Crippen LogP contribution in [0, 0.1) is 0 Å². The summed E-state index contributed by atoms with van der Waals surface area (Å²) in [7, 11) is 0. The van der Waals surface area contributed by atoms with Gasteiger partial charge in [0.2, 0.25) is 0 Å². The predicted octanol–water partition coefficient (Wildman–Crippen LogP) is 1.53. The summed E-state index contributed by atoms with van der Waals surface area (Å²) >= 11 is 3.44. The highest BCUT2D eigenvalue weighted by atomic mass is 79.9. The zero-order chi connectivity index (χ0) is 10.7. The highest BCUT2D eigenvalue weighted by Crippen LogP contribution is 2.19. The van der Waals surface area contributed by atoms with Gasteiger partial charge in [-0.1, -0.05) is 15.9 Å². The number of hydrogen-bond acceptors (Lipinski definition) is 3. The van der Waals surface area contributed by atoms with Crippen molar-refractivity contribution in [1.29, 1.82) is 0 Å². The number of aromatic nitrogens is 3. The van der Waals surface area contributed by atoms with Gasteiger partial charge in [0.05, 0.1) is 5.69 Å². The fourth-order valence-electron chi connectivity index (χ4n) is 1.47. The zero-order valence-electron chi connectivity index (χ0n) is 8.10. The van der Waals surface area contributed by atoms with E-state index in [-0.39, 0.29) is 0 Å². The number of nitrogens with zero attached hydrogens (tertiary/aromatic N) is 3. The van der Waals surface area contributed by atoms with E-state index in [0.29, 0.717) is 6.54 Å². The minimum absolute atomic E-state index is 0.623. The van der Waals surface area contributed by atoms with Gasteiger partial charge in [-0.3, -0.25) is 0 Å². The van der Waals surface area contributed by atoms with E-state index in [1.807, 2.05) is 12.1 Å². The van der Waals surface area contributed by atoms with Gasteiger partial charge in [0.1, 0.15) is 12.7 Å². The Morgan fingerprint density at radius 3 is 2.93 bits per heavy atom. The number of benzene rings is 1. The highest BCUT2D eigenvalue weighted by Gasteiger charge is 2.05. The molecule has 2 N–H and O–H groups in total. The normalized spacial score (nSPS) is 10.5. The molecule has 1 aromatic carbocycles. The van der Waals surface area contributed by atoms with Crippen molar-refractivity contribution >= 4 is 15.9 Å². The zero-order valence-corrected chi connectivity index (χ0v) is 9.68. The van der Waals surface area contributed by atoms with E-state index in [1.54, 1.807) is 11.0 Å². The smallest absolute Gasteiger partial charge is 0.138 e. The van der Waals surface area contributed by atoms with Crippen LogP contribution in [0.5, 0.6) is 0 Å². The summed E-state index contributed by atoms with van der Waals surface area (Å²) in [4.78, 5) is 3.93. The van der Waals surface area contributed by atoms with Crippen molar-refractivity contribution in [3.05, 3.63) is 40.9 Å². The lowest BCUT2D eigenvalue weighted by molar-refractivity contribution is 0.848. The minimum atomic E-state index is 0.623. The summed E-state index contributed by atoms with van der Waals surface area (Å²) in [5.41, 5.74) is 7.77. The topological polar surface area (TPSA) is 56.7 Å². The van der Waals surface area contributed by atoms with Crippen molar-refractivity contribution in [1.82, 2.24) is 14.8 Å². The quantitative estimate of drug-likeness (QED) is 0.917. The molecular weight excluding hydrogens is 256 g/mol. The van der Waals surface area contributed by atoms with Crippen LogP contribution in [0.25, 0.3) is 5.69 Å². The van der Waals surface area contributed by atoms with Gasteiger partial charge in [-0.2, -0.15) is 5.10 Å². The maximum Gasteiger partial charge on any atom is 0.138 e. The van der Waals surface area contributed by atoms with Crippen LogP contribution in [0.1, 0.15) is 5.56 Å². The molecule has 5 heteroatoms. The van der Waals surface area contributed by atoms with Gasteiger partial charge in [-0.05, 0) is 36.7 Å². The molecule has 2 aromatic rings. The monoisotopic (exact) mass is 266 g/mol. The lowest BCUT2D eigenvalue weighted by Gasteiger charge is -2.08. The molecule has 0 atom stereocenters. The standard InChI is InChI=1S/C10H11BrN4/c11-9-1-2-10(8(5-9)3-4-12)15-7-13-6-14-15/h1-2,5-7H,3-4,12H2. The van der Waals surface area contributed by atoms with Gasteiger partial charge in [0, 0.05) is 4.47 Å². The number of hydrogen-bond donors (Lipinski definition) is 1. The maximum atomic E-state index is 5.57. The Bertz CT molecular complexity index is 439. The van der Waals surface area contributed by atoms with Gasteiger partial charge >= 0.3 is 0 Å². The van der Waals surface area contributed by atoms with Gasteiger partial charge in [-0.15, -0.1) is 0 Å². The largest absolute Gasteiger partial charge is 0.330 e. The van der Waals surface area contributed by atoms with Crippen LogP contribution >= 0.6 is 15.9 Å². The molecule has 78 valence electrons. The summed E-state index contributed by atoms with van der Waals surface area (Å²) in [6, 6.07) is 6.05. The molecule has 0 saturated carbocycles. The minimum Gasteiger partial charge on any atom is -0.330 e. The molecule has 0 bridgehead atoms. The third-order valence-corrected chi connectivity index (χ3v) is 2.61. The second kappa shape index (κ2) is 4.55. The first-order valence-electron chi connectivity index (χ1n) is 4.65. The summed E-state index contributed by atoms with van der Waals surface area (Å²) in [5.74, 6) is 0. The molecule has 0 fully saturated rings. The van der Waals surface area contributed by atoms with E-state index in [4.69, 9.17) is 5.73 Å². The van der Waals surface area contributed by atoms with Gasteiger partial charge in [-0.25, -0.2) is 9.67 Å². The Balaban J connectivity index is 2.46. The molecule has 1 heterocycles. The molecule has 1 aromatic heterocycles. The molecule has 0 aliphatic heterocycles. The molecule has 0 saturated heterocycles. The van der Waals surface area contributed by atoms with E-state index in [0.717, 1.165) is 22.1 Å². The lowest BCUT2D eigenvalue weighted by atomic mass is 10.1. The molecule has 0 unspecified atom stereocenters. The van der Waals surface area contributed by atoms with Crippen LogP contribution in [-0.2, 0) is 6.42 Å². The summed E-state index contributed by atoms with van der Waals surface area (Å²) in [6.07, 6.45) is 4.03. The van der Waals surface area contributed by atoms with Crippen molar-refractivity contribution in [2.24, 2.45) is 5.73 Å². The Morgan fingerprint density at radius 1 is 1.40 bits per heavy atom. The van der Waals surface area contributed by atoms with Crippen molar-refractivity contribution in [2.45, 2.75) is 6.42 Å². The molecule has 15 heavy (non-hydrogen) atoms. The molecule has 0 radical (unpaired) electrons. The maximum absolute atomic E-state index is 5.57. The molecular formula is C10H11BrN4. The van der Waals surface area contributed by atoms with Crippen molar-refractivity contribution in [3.63, 3.8) is 0 Å².